The average Bonchev–Trinajstić information content (AvgIpc) is 1.84. The van der Waals surface area contributed by atoms with Crippen molar-refractivity contribution in [2.45, 2.75) is 13.8 Å². The van der Waals surface area contributed by atoms with E-state index in [-0.39, 0.29) is 0 Å². The summed E-state index contributed by atoms with van der Waals surface area (Å²) in [6.45, 7) is 3.93. The fourth-order valence-electron chi connectivity index (χ4n) is 0.706. The van der Waals surface area contributed by atoms with Crippen LogP contribution in [0.5, 0.6) is 0 Å². The predicted molar refractivity (Wildman–Crippen MR) is 46.4 cm³/mol. The van der Waals surface area contributed by atoms with Crippen LogP contribution >= 0.6 is 27.5 Å². The summed E-state index contributed by atoms with van der Waals surface area (Å²) in [6, 6.07) is 2.00. The molecule has 0 aromatic carbocycles. The first-order valence-corrected chi connectivity index (χ1v) is 4.07. The lowest BCUT2D eigenvalue weighted by Gasteiger charge is -1.99. The summed E-state index contributed by atoms with van der Waals surface area (Å²) in [5.74, 6) is 0. The number of aryl methyl sites for hydroxylation is 2. The summed E-state index contributed by atoms with van der Waals surface area (Å²) >= 11 is 9.03. The van der Waals surface area contributed by atoms with Gasteiger partial charge in [-0.05, 0) is 40.9 Å². The van der Waals surface area contributed by atoms with E-state index in [0.717, 1.165) is 15.7 Å². The van der Waals surface area contributed by atoms with Gasteiger partial charge >= 0.3 is 0 Å². The normalized spacial score (nSPS) is 10.0. The third-order valence-electron chi connectivity index (χ3n) is 1.28. The predicted octanol–water partition coefficient (Wildman–Crippen LogP) is 3.11. The monoisotopic (exact) mass is 219 g/mol. The molecule has 3 heteroatoms. The molecule has 0 radical (unpaired) electrons. The SMILES string of the molecule is Cc1cc(C)c(Br)nc1Cl. The van der Waals surface area contributed by atoms with Gasteiger partial charge in [-0.3, -0.25) is 0 Å². The number of nitrogens with zero attached hydrogens (tertiary/aromatic N) is 1. The highest BCUT2D eigenvalue weighted by Gasteiger charge is 2.00. The van der Waals surface area contributed by atoms with Gasteiger partial charge in [0.1, 0.15) is 9.76 Å². The molecule has 1 nitrogen and oxygen atoms in total. The highest BCUT2D eigenvalue weighted by Crippen LogP contribution is 2.19. The van der Waals surface area contributed by atoms with Crippen molar-refractivity contribution in [1.29, 1.82) is 0 Å². The Morgan fingerprint density at radius 3 is 2.50 bits per heavy atom. The second kappa shape index (κ2) is 2.89. The van der Waals surface area contributed by atoms with Crippen LogP contribution in [0.3, 0.4) is 0 Å². The zero-order chi connectivity index (χ0) is 7.72. The molecule has 0 N–H and O–H groups in total. The molecule has 10 heavy (non-hydrogen) atoms. The van der Waals surface area contributed by atoms with Gasteiger partial charge in [-0.15, -0.1) is 0 Å². The molecule has 0 spiro atoms. The van der Waals surface area contributed by atoms with Crippen molar-refractivity contribution in [2.24, 2.45) is 0 Å². The Morgan fingerprint density at radius 1 is 1.40 bits per heavy atom. The first-order chi connectivity index (χ1) is 4.61. The minimum absolute atomic E-state index is 0.567. The Labute approximate surface area is 73.6 Å². The van der Waals surface area contributed by atoms with E-state index in [9.17, 15) is 0 Å². The second-order valence-corrected chi connectivity index (χ2v) is 3.31. The highest BCUT2D eigenvalue weighted by molar-refractivity contribution is 9.10. The molecule has 0 saturated carbocycles. The Balaban J connectivity index is 3.28. The lowest BCUT2D eigenvalue weighted by Crippen LogP contribution is -1.85. The summed E-state index contributed by atoms with van der Waals surface area (Å²) < 4.78 is 0.822. The Kier molecular flexibility index (Phi) is 2.32. The maximum absolute atomic E-state index is 5.74. The molecule has 0 aliphatic rings. The van der Waals surface area contributed by atoms with Crippen molar-refractivity contribution in [3.8, 4) is 0 Å². The molecule has 1 rings (SSSR count). The molecule has 1 aromatic heterocycles. The third-order valence-corrected chi connectivity index (χ3v) is 2.47. The van der Waals surface area contributed by atoms with Crippen molar-refractivity contribution in [2.75, 3.05) is 0 Å². The number of hydrogen-bond donors (Lipinski definition) is 0. The van der Waals surface area contributed by atoms with Crippen LogP contribution in [-0.4, -0.2) is 4.98 Å². The van der Waals surface area contributed by atoms with Crippen molar-refractivity contribution < 1.29 is 0 Å². The minimum Gasteiger partial charge on any atom is -0.229 e. The van der Waals surface area contributed by atoms with E-state index in [2.05, 4.69) is 20.9 Å². The number of rotatable bonds is 0. The standard InChI is InChI=1S/C7H7BrClN/c1-4-3-5(2)7(9)10-6(4)8/h3H,1-2H3. The summed E-state index contributed by atoms with van der Waals surface area (Å²) in [4.78, 5) is 4.05. The molecule has 0 fully saturated rings. The van der Waals surface area contributed by atoms with Crippen LogP contribution in [0.15, 0.2) is 10.7 Å². The number of halogens is 2. The number of aromatic nitrogens is 1. The van der Waals surface area contributed by atoms with Crippen molar-refractivity contribution in [3.05, 3.63) is 26.9 Å². The molecule has 0 aliphatic heterocycles. The summed E-state index contributed by atoms with van der Waals surface area (Å²) in [7, 11) is 0. The molecular formula is C7H7BrClN. The van der Waals surface area contributed by atoms with E-state index in [1.54, 1.807) is 0 Å². The quantitative estimate of drug-likeness (QED) is 0.612. The molecule has 0 amide bonds. The first kappa shape index (κ1) is 8.02. The number of hydrogen-bond acceptors (Lipinski definition) is 1. The molecule has 0 bridgehead atoms. The lowest BCUT2D eigenvalue weighted by molar-refractivity contribution is 1.18. The summed E-state index contributed by atoms with van der Waals surface area (Å²) in [5.41, 5.74) is 2.13. The van der Waals surface area contributed by atoms with Crippen LogP contribution in [0.2, 0.25) is 5.15 Å². The van der Waals surface area contributed by atoms with Gasteiger partial charge in [0, 0.05) is 0 Å². The molecule has 1 aromatic rings. The summed E-state index contributed by atoms with van der Waals surface area (Å²) in [6.07, 6.45) is 0. The topological polar surface area (TPSA) is 12.9 Å². The average molecular weight is 220 g/mol. The van der Waals surface area contributed by atoms with E-state index in [0.29, 0.717) is 5.15 Å². The largest absolute Gasteiger partial charge is 0.229 e. The van der Waals surface area contributed by atoms with Gasteiger partial charge in [0.05, 0.1) is 0 Å². The van der Waals surface area contributed by atoms with Gasteiger partial charge in [0.2, 0.25) is 0 Å². The number of pyridine rings is 1. The van der Waals surface area contributed by atoms with E-state index >= 15 is 0 Å². The molecule has 0 unspecified atom stereocenters. The minimum atomic E-state index is 0.567. The van der Waals surface area contributed by atoms with Crippen LogP contribution in [0.4, 0.5) is 0 Å². The van der Waals surface area contributed by atoms with E-state index in [1.165, 1.54) is 0 Å². The van der Waals surface area contributed by atoms with Gasteiger partial charge in [-0.2, -0.15) is 0 Å². The Bertz CT molecular complexity index is 210. The van der Waals surface area contributed by atoms with Crippen LogP contribution in [0.25, 0.3) is 0 Å². The van der Waals surface area contributed by atoms with Crippen LogP contribution in [0.1, 0.15) is 11.1 Å². The fourth-order valence-corrected chi connectivity index (χ4v) is 1.24. The molecule has 0 atom stereocenters. The molecule has 0 aliphatic carbocycles. The zero-order valence-corrected chi connectivity index (χ0v) is 8.12. The molecule has 1 heterocycles. The second-order valence-electron chi connectivity index (χ2n) is 2.20. The van der Waals surface area contributed by atoms with E-state index in [4.69, 9.17) is 11.6 Å². The molecule has 54 valence electrons. The van der Waals surface area contributed by atoms with Crippen molar-refractivity contribution >= 4 is 27.5 Å². The van der Waals surface area contributed by atoms with Gasteiger partial charge in [0.25, 0.3) is 0 Å². The molecular weight excluding hydrogens is 213 g/mol. The molecule has 0 saturated heterocycles. The lowest BCUT2D eigenvalue weighted by atomic mass is 10.2. The van der Waals surface area contributed by atoms with Crippen molar-refractivity contribution in [3.63, 3.8) is 0 Å². The maximum Gasteiger partial charge on any atom is 0.133 e. The van der Waals surface area contributed by atoms with Gasteiger partial charge in [0.15, 0.2) is 0 Å². The van der Waals surface area contributed by atoms with Crippen LogP contribution in [-0.2, 0) is 0 Å². The summed E-state index contributed by atoms with van der Waals surface area (Å²) in [5, 5.41) is 0.567. The third kappa shape index (κ3) is 1.50. The van der Waals surface area contributed by atoms with Gasteiger partial charge in [-0.1, -0.05) is 17.7 Å². The zero-order valence-electron chi connectivity index (χ0n) is 5.78. The Hall–Kier alpha value is -0.0800. The van der Waals surface area contributed by atoms with E-state index < -0.39 is 0 Å². The van der Waals surface area contributed by atoms with Crippen LogP contribution in [0, 0.1) is 13.8 Å². The fraction of sp³-hybridized carbons (Fsp3) is 0.286. The van der Waals surface area contributed by atoms with Crippen LogP contribution < -0.4 is 0 Å². The highest BCUT2D eigenvalue weighted by atomic mass is 79.9. The smallest absolute Gasteiger partial charge is 0.133 e. The van der Waals surface area contributed by atoms with Gasteiger partial charge < -0.3 is 0 Å². The van der Waals surface area contributed by atoms with Crippen molar-refractivity contribution in [1.82, 2.24) is 4.98 Å². The first-order valence-electron chi connectivity index (χ1n) is 2.90. The maximum atomic E-state index is 5.74. The Morgan fingerprint density at radius 2 is 2.00 bits per heavy atom. The van der Waals surface area contributed by atoms with Gasteiger partial charge in [-0.25, -0.2) is 4.98 Å². The van der Waals surface area contributed by atoms with E-state index in [1.807, 2.05) is 19.9 Å².